The number of amides is 1. The lowest BCUT2D eigenvalue weighted by atomic mass is 10.1. The third kappa shape index (κ3) is 4.19. The van der Waals surface area contributed by atoms with Crippen molar-refractivity contribution in [1.82, 2.24) is 4.90 Å². The standard InChI is InChI=1S/C18H25BrN2O2/c1-18(2,3)23-17(22)21-10-8-20(9-11-21)16-12-14(13-4-5-13)6-7-15(16)19/h6-7,12-13H,4-5,8-11H2,1-3H3. The number of carbonyl (C=O) groups is 1. The quantitative estimate of drug-likeness (QED) is 0.762. The second-order valence-electron chi connectivity index (χ2n) is 7.44. The summed E-state index contributed by atoms with van der Waals surface area (Å²) in [5.74, 6) is 0.755. The van der Waals surface area contributed by atoms with E-state index in [1.54, 1.807) is 4.90 Å². The lowest BCUT2D eigenvalue weighted by molar-refractivity contribution is 0.0240. The normalized spacial score (nSPS) is 19.0. The van der Waals surface area contributed by atoms with Gasteiger partial charge < -0.3 is 14.5 Å². The van der Waals surface area contributed by atoms with Crippen LogP contribution in [0.5, 0.6) is 0 Å². The van der Waals surface area contributed by atoms with Gasteiger partial charge in [-0.2, -0.15) is 0 Å². The van der Waals surface area contributed by atoms with Gasteiger partial charge in [0.05, 0.1) is 5.69 Å². The summed E-state index contributed by atoms with van der Waals surface area (Å²) in [5.41, 5.74) is 2.26. The van der Waals surface area contributed by atoms with E-state index in [9.17, 15) is 4.79 Å². The van der Waals surface area contributed by atoms with Crippen molar-refractivity contribution in [3.8, 4) is 0 Å². The SMILES string of the molecule is CC(C)(C)OC(=O)N1CCN(c2cc(C3CC3)ccc2Br)CC1. The number of carbonyl (C=O) groups excluding carboxylic acids is 1. The number of nitrogens with zero attached hydrogens (tertiary/aromatic N) is 2. The maximum absolute atomic E-state index is 12.2. The molecule has 0 aromatic heterocycles. The topological polar surface area (TPSA) is 32.8 Å². The molecule has 0 atom stereocenters. The molecule has 126 valence electrons. The Hall–Kier alpha value is -1.23. The van der Waals surface area contributed by atoms with E-state index in [1.807, 2.05) is 20.8 Å². The van der Waals surface area contributed by atoms with Gasteiger partial charge in [0.25, 0.3) is 0 Å². The highest BCUT2D eigenvalue weighted by molar-refractivity contribution is 9.10. The fourth-order valence-electron chi connectivity index (χ4n) is 2.90. The van der Waals surface area contributed by atoms with Crippen LogP contribution < -0.4 is 4.90 Å². The molecule has 0 N–H and O–H groups in total. The van der Waals surface area contributed by atoms with Crippen LogP contribution in [-0.2, 0) is 4.74 Å². The second-order valence-corrected chi connectivity index (χ2v) is 8.29. The van der Waals surface area contributed by atoms with E-state index >= 15 is 0 Å². The van der Waals surface area contributed by atoms with Crippen molar-refractivity contribution < 1.29 is 9.53 Å². The Bertz CT molecular complexity index is 585. The highest BCUT2D eigenvalue weighted by Crippen LogP contribution is 2.42. The molecule has 23 heavy (non-hydrogen) atoms. The van der Waals surface area contributed by atoms with E-state index in [4.69, 9.17) is 4.74 Å². The molecular formula is C18H25BrN2O2. The molecule has 1 aliphatic carbocycles. The third-order valence-electron chi connectivity index (χ3n) is 4.29. The predicted octanol–water partition coefficient (Wildman–Crippen LogP) is 4.38. The number of benzene rings is 1. The Morgan fingerprint density at radius 3 is 2.39 bits per heavy atom. The first-order chi connectivity index (χ1) is 10.8. The highest BCUT2D eigenvalue weighted by atomic mass is 79.9. The molecule has 1 saturated heterocycles. The Balaban J connectivity index is 1.63. The van der Waals surface area contributed by atoms with Gasteiger partial charge in [0.1, 0.15) is 5.60 Å². The van der Waals surface area contributed by atoms with Crippen molar-refractivity contribution in [2.24, 2.45) is 0 Å². The Morgan fingerprint density at radius 1 is 1.17 bits per heavy atom. The molecule has 0 radical (unpaired) electrons. The van der Waals surface area contributed by atoms with Crippen molar-refractivity contribution in [2.45, 2.75) is 45.1 Å². The van der Waals surface area contributed by atoms with Gasteiger partial charge in [-0.1, -0.05) is 6.07 Å². The summed E-state index contributed by atoms with van der Waals surface area (Å²) in [4.78, 5) is 16.3. The maximum Gasteiger partial charge on any atom is 0.410 e. The van der Waals surface area contributed by atoms with Gasteiger partial charge in [-0.3, -0.25) is 0 Å². The molecule has 1 aliphatic heterocycles. The number of anilines is 1. The summed E-state index contributed by atoms with van der Waals surface area (Å²) >= 11 is 3.67. The van der Waals surface area contributed by atoms with Crippen LogP contribution in [-0.4, -0.2) is 42.8 Å². The summed E-state index contributed by atoms with van der Waals surface area (Å²) in [5, 5.41) is 0. The average Bonchev–Trinajstić information content (AvgIpc) is 3.31. The van der Waals surface area contributed by atoms with E-state index in [0.29, 0.717) is 13.1 Å². The minimum Gasteiger partial charge on any atom is -0.444 e. The van der Waals surface area contributed by atoms with Crippen molar-refractivity contribution in [3.63, 3.8) is 0 Å². The minimum atomic E-state index is -0.435. The second kappa shape index (κ2) is 6.34. The van der Waals surface area contributed by atoms with E-state index in [0.717, 1.165) is 23.5 Å². The van der Waals surface area contributed by atoms with Crippen LogP contribution in [0.4, 0.5) is 10.5 Å². The van der Waals surface area contributed by atoms with Crippen LogP contribution in [0.3, 0.4) is 0 Å². The van der Waals surface area contributed by atoms with E-state index in [-0.39, 0.29) is 6.09 Å². The number of halogens is 1. The first-order valence-corrected chi connectivity index (χ1v) is 9.15. The Morgan fingerprint density at radius 2 is 1.83 bits per heavy atom. The van der Waals surface area contributed by atoms with Crippen LogP contribution in [0.2, 0.25) is 0 Å². The molecule has 0 unspecified atom stereocenters. The number of hydrogen-bond donors (Lipinski definition) is 0. The highest BCUT2D eigenvalue weighted by Gasteiger charge is 2.28. The third-order valence-corrected chi connectivity index (χ3v) is 4.96. The largest absolute Gasteiger partial charge is 0.444 e. The van der Waals surface area contributed by atoms with Gasteiger partial charge in [-0.25, -0.2) is 4.79 Å². The zero-order chi connectivity index (χ0) is 16.6. The first kappa shape index (κ1) is 16.6. The number of piperazine rings is 1. The summed E-state index contributed by atoms with van der Waals surface area (Å²) in [6, 6.07) is 6.69. The van der Waals surface area contributed by atoms with Gasteiger partial charge in [0, 0.05) is 30.7 Å². The molecule has 1 aromatic rings. The van der Waals surface area contributed by atoms with Crippen molar-refractivity contribution in [1.29, 1.82) is 0 Å². The van der Waals surface area contributed by atoms with Gasteiger partial charge in [-0.15, -0.1) is 0 Å². The zero-order valence-corrected chi connectivity index (χ0v) is 15.7. The lowest BCUT2D eigenvalue weighted by Crippen LogP contribution is -2.50. The molecule has 3 rings (SSSR count). The van der Waals surface area contributed by atoms with Crippen molar-refractivity contribution in [2.75, 3.05) is 31.1 Å². The molecule has 0 spiro atoms. The van der Waals surface area contributed by atoms with Crippen LogP contribution >= 0.6 is 15.9 Å². The minimum absolute atomic E-state index is 0.206. The van der Waals surface area contributed by atoms with Gasteiger partial charge in [0.2, 0.25) is 0 Å². The van der Waals surface area contributed by atoms with E-state index in [2.05, 4.69) is 39.0 Å². The van der Waals surface area contributed by atoms with Gasteiger partial charge >= 0.3 is 6.09 Å². The summed E-state index contributed by atoms with van der Waals surface area (Å²) in [6.07, 6.45) is 2.42. The maximum atomic E-state index is 12.2. The zero-order valence-electron chi connectivity index (χ0n) is 14.1. The number of rotatable bonds is 2. The molecule has 2 fully saturated rings. The monoisotopic (exact) mass is 380 g/mol. The van der Waals surface area contributed by atoms with Crippen LogP contribution in [0.15, 0.2) is 22.7 Å². The summed E-state index contributed by atoms with van der Waals surface area (Å²) in [7, 11) is 0. The molecule has 1 amide bonds. The van der Waals surface area contributed by atoms with Gasteiger partial charge in [-0.05, 0) is 73.2 Å². The molecule has 2 aliphatic rings. The fraction of sp³-hybridized carbons (Fsp3) is 0.611. The van der Waals surface area contributed by atoms with Crippen molar-refractivity contribution in [3.05, 3.63) is 28.2 Å². The molecular weight excluding hydrogens is 356 g/mol. The van der Waals surface area contributed by atoms with E-state index < -0.39 is 5.60 Å². The Labute approximate surface area is 146 Å². The smallest absolute Gasteiger partial charge is 0.410 e. The summed E-state index contributed by atoms with van der Waals surface area (Å²) in [6.45, 7) is 8.80. The van der Waals surface area contributed by atoms with Crippen LogP contribution in [0.1, 0.15) is 45.1 Å². The summed E-state index contributed by atoms with van der Waals surface area (Å²) < 4.78 is 6.59. The lowest BCUT2D eigenvalue weighted by Gasteiger charge is -2.37. The molecule has 4 nitrogen and oxygen atoms in total. The molecule has 1 saturated carbocycles. The van der Waals surface area contributed by atoms with Gasteiger partial charge in [0.15, 0.2) is 0 Å². The van der Waals surface area contributed by atoms with Crippen molar-refractivity contribution >= 4 is 27.7 Å². The molecule has 5 heteroatoms. The predicted molar refractivity (Wildman–Crippen MR) is 96.1 cm³/mol. The van der Waals surface area contributed by atoms with E-state index in [1.165, 1.54) is 24.1 Å². The molecule has 1 aromatic carbocycles. The first-order valence-electron chi connectivity index (χ1n) is 8.36. The fourth-order valence-corrected chi connectivity index (χ4v) is 3.40. The Kier molecular flexibility index (Phi) is 4.59. The number of ether oxygens (including phenoxy) is 1. The molecule has 1 heterocycles. The van der Waals surface area contributed by atoms with Crippen LogP contribution in [0, 0.1) is 0 Å². The van der Waals surface area contributed by atoms with Crippen LogP contribution in [0.25, 0.3) is 0 Å². The molecule has 0 bridgehead atoms. The average molecular weight is 381 g/mol. The number of hydrogen-bond acceptors (Lipinski definition) is 3.